The first kappa shape index (κ1) is 10.2. The van der Waals surface area contributed by atoms with Crippen LogP contribution < -0.4 is 5.01 Å². The van der Waals surface area contributed by atoms with Crippen molar-refractivity contribution in [1.82, 2.24) is 0 Å². The molecule has 3 nitrogen and oxygen atoms in total. The highest BCUT2D eigenvalue weighted by atomic mass is 35.5. The highest BCUT2D eigenvalue weighted by Crippen LogP contribution is 2.28. The molecule has 4 heteroatoms. The molecule has 15 heavy (non-hydrogen) atoms. The minimum atomic E-state index is 0.0478. The van der Waals surface area contributed by atoms with Gasteiger partial charge in [-0.25, -0.2) is 0 Å². The Morgan fingerprint density at radius 3 is 2.67 bits per heavy atom. The largest absolute Gasteiger partial charge is 0.291 e. The summed E-state index contributed by atoms with van der Waals surface area (Å²) in [5.41, 5.74) is 2.41. The van der Waals surface area contributed by atoms with Crippen LogP contribution in [0.15, 0.2) is 23.3 Å². The van der Waals surface area contributed by atoms with Gasteiger partial charge >= 0.3 is 0 Å². The van der Waals surface area contributed by atoms with E-state index in [2.05, 4.69) is 5.10 Å². The van der Waals surface area contributed by atoms with Crippen molar-refractivity contribution in [3.63, 3.8) is 0 Å². The lowest BCUT2D eigenvalue weighted by molar-refractivity contribution is -0.111. The Bertz CT molecular complexity index is 454. The number of hydrazone groups is 1. The van der Waals surface area contributed by atoms with Crippen molar-refractivity contribution in [2.45, 2.75) is 13.8 Å². The summed E-state index contributed by atoms with van der Waals surface area (Å²) in [7, 11) is 0. The summed E-state index contributed by atoms with van der Waals surface area (Å²) in [5.74, 6) is 0.0478. The van der Waals surface area contributed by atoms with Gasteiger partial charge in [0.1, 0.15) is 12.3 Å². The van der Waals surface area contributed by atoms with Gasteiger partial charge in [0, 0.05) is 0 Å². The van der Waals surface area contributed by atoms with Gasteiger partial charge in [-0.05, 0) is 31.5 Å². The number of hydrogen-bond donors (Lipinski definition) is 0. The van der Waals surface area contributed by atoms with E-state index in [1.807, 2.05) is 25.1 Å². The quantitative estimate of drug-likeness (QED) is 0.731. The summed E-state index contributed by atoms with van der Waals surface area (Å²) >= 11 is 6.08. The number of rotatable bonds is 1. The zero-order valence-electron chi connectivity index (χ0n) is 8.62. The number of anilines is 1. The molecule has 0 unspecified atom stereocenters. The van der Waals surface area contributed by atoms with Crippen LogP contribution in [0.25, 0.3) is 0 Å². The predicted octanol–water partition coefficient (Wildman–Crippen LogP) is 2.41. The zero-order chi connectivity index (χ0) is 11.0. The topological polar surface area (TPSA) is 32.7 Å². The van der Waals surface area contributed by atoms with E-state index >= 15 is 0 Å². The first-order valence-corrected chi connectivity index (χ1v) is 5.08. The molecular formula is C11H11ClN2O. The van der Waals surface area contributed by atoms with Crippen LogP contribution in [0.5, 0.6) is 0 Å². The molecule has 0 aromatic heterocycles. The molecule has 0 saturated heterocycles. The Hall–Kier alpha value is -1.35. The fraction of sp³-hybridized carbons (Fsp3) is 0.273. The highest BCUT2D eigenvalue weighted by Gasteiger charge is 2.22. The zero-order valence-corrected chi connectivity index (χ0v) is 9.38. The first-order valence-electron chi connectivity index (χ1n) is 4.70. The number of ketones is 1. The van der Waals surface area contributed by atoms with E-state index in [4.69, 9.17) is 11.6 Å². The molecule has 0 bridgehead atoms. The lowest BCUT2D eigenvalue weighted by Crippen LogP contribution is -2.18. The molecular weight excluding hydrogens is 212 g/mol. The second-order valence-electron chi connectivity index (χ2n) is 3.62. The number of nitrogens with zero attached hydrogens (tertiary/aromatic N) is 2. The van der Waals surface area contributed by atoms with E-state index in [1.54, 1.807) is 11.9 Å². The molecule has 0 radical (unpaired) electrons. The molecule has 1 aromatic rings. The third-order valence-corrected chi connectivity index (χ3v) is 2.65. The molecule has 0 spiro atoms. The Labute approximate surface area is 93.3 Å². The number of carbonyl (C=O) groups excluding carboxylic acids is 1. The Morgan fingerprint density at radius 1 is 1.40 bits per heavy atom. The summed E-state index contributed by atoms with van der Waals surface area (Å²) in [5, 5.41) is 6.41. The van der Waals surface area contributed by atoms with Crippen molar-refractivity contribution in [2.24, 2.45) is 5.10 Å². The van der Waals surface area contributed by atoms with Gasteiger partial charge in [-0.15, -0.1) is 0 Å². The van der Waals surface area contributed by atoms with Crippen LogP contribution in [0.4, 0.5) is 5.69 Å². The maximum absolute atomic E-state index is 11.3. The molecule has 78 valence electrons. The summed E-state index contributed by atoms with van der Waals surface area (Å²) in [4.78, 5) is 11.3. The Balaban J connectivity index is 2.36. The number of benzene rings is 1. The summed E-state index contributed by atoms with van der Waals surface area (Å²) in [6.45, 7) is 3.97. The fourth-order valence-corrected chi connectivity index (χ4v) is 1.82. The second kappa shape index (κ2) is 3.66. The normalized spacial score (nSPS) is 15.8. The van der Waals surface area contributed by atoms with Crippen molar-refractivity contribution in [2.75, 3.05) is 11.6 Å². The summed E-state index contributed by atoms with van der Waals surface area (Å²) in [6.07, 6.45) is 0. The van der Waals surface area contributed by atoms with Gasteiger partial charge in [0.15, 0.2) is 5.78 Å². The lowest BCUT2D eigenvalue weighted by Gasteiger charge is -2.14. The molecule has 0 fully saturated rings. The standard InChI is InChI=1S/C11H11ClN2O/c1-7-3-4-10(9(12)5-7)14-6-11(15)8(2)13-14/h3-5H,6H2,1-2H3. The van der Waals surface area contributed by atoms with Gasteiger partial charge in [0.2, 0.25) is 0 Å². The van der Waals surface area contributed by atoms with Crippen LogP contribution >= 0.6 is 11.6 Å². The third kappa shape index (κ3) is 1.88. The smallest absolute Gasteiger partial charge is 0.199 e. The molecule has 0 atom stereocenters. The SMILES string of the molecule is CC1=NN(c2ccc(C)cc2Cl)CC1=O. The van der Waals surface area contributed by atoms with E-state index in [-0.39, 0.29) is 12.3 Å². The molecule has 0 N–H and O–H groups in total. The molecule has 0 amide bonds. The molecule has 1 heterocycles. The van der Waals surface area contributed by atoms with Gasteiger partial charge in [0.05, 0.1) is 10.7 Å². The maximum Gasteiger partial charge on any atom is 0.199 e. The minimum Gasteiger partial charge on any atom is -0.291 e. The second-order valence-corrected chi connectivity index (χ2v) is 4.03. The first-order chi connectivity index (χ1) is 7.08. The molecule has 2 rings (SSSR count). The van der Waals surface area contributed by atoms with Gasteiger partial charge in [-0.2, -0.15) is 5.10 Å². The van der Waals surface area contributed by atoms with Crippen LogP contribution in [0.2, 0.25) is 5.02 Å². The van der Waals surface area contributed by atoms with E-state index in [0.717, 1.165) is 11.3 Å². The molecule has 1 aliphatic heterocycles. The van der Waals surface area contributed by atoms with Crippen LogP contribution in [0, 0.1) is 6.92 Å². The average molecular weight is 223 g/mol. The van der Waals surface area contributed by atoms with Crippen molar-refractivity contribution in [1.29, 1.82) is 0 Å². The Morgan fingerprint density at radius 2 is 2.13 bits per heavy atom. The number of halogens is 1. The Kier molecular flexibility index (Phi) is 2.49. The van der Waals surface area contributed by atoms with Gasteiger partial charge in [-0.3, -0.25) is 9.80 Å². The minimum absolute atomic E-state index is 0.0478. The van der Waals surface area contributed by atoms with Gasteiger partial charge < -0.3 is 0 Å². The van der Waals surface area contributed by atoms with Crippen molar-refractivity contribution in [3.8, 4) is 0 Å². The van der Waals surface area contributed by atoms with Crippen LogP contribution in [-0.2, 0) is 4.79 Å². The van der Waals surface area contributed by atoms with Crippen molar-refractivity contribution >= 4 is 28.8 Å². The number of Topliss-reactive ketones (excluding diaryl/α,β-unsaturated/α-hetero) is 1. The number of carbonyl (C=O) groups is 1. The third-order valence-electron chi connectivity index (χ3n) is 2.35. The number of hydrogen-bond acceptors (Lipinski definition) is 3. The molecule has 0 aliphatic carbocycles. The molecule has 1 aromatic carbocycles. The fourth-order valence-electron chi connectivity index (χ4n) is 1.48. The van der Waals surface area contributed by atoms with Crippen molar-refractivity contribution in [3.05, 3.63) is 28.8 Å². The van der Waals surface area contributed by atoms with Gasteiger partial charge in [0.25, 0.3) is 0 Å². The van der Waals surface area contributed by atoms with E-state index in [1.165, 1.54) is 0 Å². The van der Waals surface area contributed by atoms with Crippen LogP contribution in [0.3, 0.4) is 0 Å². The van der Waals surface area contributed by atoms with E-state index < -0.39 is 0 Å². The van der Waals surface area contributed by atoms with Gasteiger partial charge in [-0.1, -0.05) is 17.7 Å². The van der Waals surface area contributed by atoms with Crippen molar-refractivity contribution < 1.29 is 4.79 Å². The molecule has 0 saturated carbocycles. The average Bonchev–Trinajstić information content (AvgIpc) is 2.46. The highest BCUT2D eigenvalue weighted by molar-refractivity contribution is 6.42. The molecule has 1 aliphatic rings. The van der Waals surface area contributed by atoms with E-state index in [0.29, 0.717) is 10.7 Å². The maximum atomic E-state index is 11.3. The summed E-state index contributed by atoms with van der Waals surface area (Å²) < 4.78 is 0. The van der Waals surface area contributed by atoms with Crippen LogP contribution in [0.1, 0.15) is 12.5 Å². The number of aryl methyl sites for hydroxylation is 1. The van der Waals surface area contributed by atoms with Crippen LogP contribution in [-0.4, -0.2) is 18.0 Å². The predicted molar refractivity (Wildman–Crippen MR) is 61.7 cm³/mol. The summed E-state index contributed by atoms with van der Waals surface area (Å²) in [6, 6.07) is 5.70. The monoisotopic (exact) mass is 222 g/mol. The van der Waals surface area contributed by atoms with E-state index in [9.17, 15) is 4.79 Å². The lowest BCUT2D eigenvalue weighted by atomic mass is 10.2.